The fraction of sp³-hybridized carbons (Fsp3) is 0. The number of nitrogen functional groups attached to an aromatic ring is 2. The van der Waals surface area contributed by atoms with E-state index in [0.29, 0.717) is 22.7 Å². The van der Waals surface area contributed by atoms with Gasteiger partial charge in [0.25, 0.3) is 10.1 Å². The second kappa shape index (κ2) is 15.8. The fourth-order valence-electron chi connectivity index (χ4n) is 7.61. The summed E-state index contributed by atoms with van der Waals surface area (Å²) in [6, 6.07) is 27.0. The van der Waals surface area contributed by atoms with Gasteiger partial charge >= 0.3 is 0 Å². The number of nitrogens with zero attached hydrogens (tertiary/aromatic N) is 3. The van der Waals surface area contributed by atoms with Gasteiger partial charge in [0.2, 0.25) is 17.2 Å². The molecule has 2 aliphatic rings. The molecule has 0 spiro atoms. The molecule has 0 fully saturated rings. The Hall–Kier alpha value is -7.76. The lowest BCUT2D eigenvalue weighted by atomic mass is 9.82. The SMILES string of the molecule is Nc1c(S(O)(O)O)cc(Nc2cccc(Nc3nc(Cl)nc(Nc4cccc(Nc5cc(S(=O)(=O)O)c(N)c6c5C(=O)c5ccccc5C6=O)c4)n3)c2)c2c1C(=O)c1ccccc1C2=O. The minimum atomic E-state index is -4.96. The molecule has 2 aliphatic carbocycles. The molecule has 6 aromatic carbocycles. The van der Waals surface area contributed by atoms with E-state index in [-0.39, 0.29) is 73.1 Å². The zero-order valence-electron chi connectivity index (χ0n) is 32.8. The number of nitrogens with two attached hydrogens (primary N) is 2. The molecule has 0 unspecified atom stereocenters. The quantitative estimate of drug-likeness (QED) is 0.0458. The van der Waals surface area contributed by atoms with Crippen LogP contribution >= 0.6 is 22.5 Å². The largest absolute Gasteiger partial charge is 0.397 e. The van der Waals surface area contributed by atoms with E-state index < -0.39 is 65.3 Å². The molecule has 1 aromatic heterocycles. The van der Waals surface area contributed by atoms with Crippen LogP contribution in [0.3, 0.4) is 0 Å². The number of halogens is 1. The Balaban J connectivity index is 0.988. The lowest BCUT2D eigenvalue weighted by molar-refractivity contribution is 0.0980. The van der Waals surface area contributed by atoms with Gasteiger partial charge in [0.15, 0.2) is 23.1 Å². The van der Waals surface area contributed by atoms with Gasteiger partial charge in [0.1, 0.15) is 15.8 Å². The van der Waals surface area contributed by atoms with Crippen molar-refractivity contribution in [1.82, 2.24) is 15.0 Å². The number of rotatable bonds is 10. The smallest absolute Gasteiger partial charge is 0.296 e. The van der Waals surface area contributed by atoms with Gasteiger partial charge in [-0.2, -0.15) is 23.4 Å². The van der Waals surface area contributed by atoms with Crippen LogP contribution in [-0.4, -0.2) is 64.7 Å². The maximum atomic E-state index is 13.8. The molecule has 0 saturated heterocycles. The number of carbonyl (C=O) groups excluding carboxylic acids is 4. The highest BCUT2D eigenvalue weighted by atomic mass is 35.5. The Morgan fingerprint density at radius 2 is 0.815 bits per heavy atom. The molecular formula is C43H30ClN9O10S2. The molecule has 19 nitrogen and oxygen atoms in total. The molecule has 9 rings (SSSR count). The van der Waals surface area contributed by atoms with Crippen molar-refractivity contribution >= 4 is 113 Å². The molecule has 65 heavy (non-hydrogen) atoms. The predicted octanol–water partition coefficient (Wildman–Crippen LogP) is 8.04. The second-order valence-corrected chi connectivity index (χ2v) is 17.7. The number of ketones is 4. The van der Waals surface area contributed by atoms with E-state index in [1.165, 1.54) is 24.3 Å². The van der Waals surface area contributed by atoms with Gasteiger partial charge in [0.05, 0.1) is 49.9 Å². The van der Waals surface area contributed by atoms with E-state index in [0.717, 1.165) is 12.1 Å². The Morgan fingerprint density at radius 3 is 1.20 bits per heavy atom. The van der Waals surface area contributed by atoms with Crippen molar-refractivity contribution in [1.29, 1.82) is 0 Å². The van der Waals surface area contributed by atoms with Gasteiger partial charge in [-0.1, -0.05) is 60.7 Å². The van der Waals surface area contributed by atoms with E-state index in [9.17, 15) is 45.8 Å². The van der Waals surface area contributed by atoms with E-state index in [4.69, 9.17) is 23.1 Å². The maximum absolute atomic E-state index is 13.8. The van der Waals surface area contributed by atoms with Crippen LogP contribution < -0.4 is 32.7 Å². The summed E-state index contributed by atoms with van der Waals surface area (Å²) >= 11 is 6.31. The van der Waals surface area contributed by atoms with Crippen molar-refractivity contribution < 1.29 is 45.8 Å². The molecule has 0 saturated carbocycles. The summed E-state index contributed by atoms with van der Waals surface area (Å²) in [7, 11) is -9.42. The Bertz CT molecular complexity index is 3380. The van der Waals surface area contributed by atoms with Crippen molar-refractivity contribution in [3.8, 4) is 0 Å². The number of aromatic nitrogens is 3. The zero-order chi connectivity index (χ0) is 46.1. The third-order valence-electron chi connectivity index (χ3n) is 10.4. The fourth-order valence-corrected chi connectivity index (χ4v) is 9.08. The highest BCUT2D eigenvalue weighted by Gasteiger charge is 2.38. The van der Waals surface area contributed by atoms with Gasteiger partial charge in [-0.25, -0.2) is 0 Å². The molecule has 7 aromatic rings. The van der Waals surface area contributed by atoms with Crippen molar-refractivity contribution in [3.63, 3.8) is 0 Å². The molecule has 12 N–H and O–H groups in total. The van der Waals surface area contributed by atoms with Crippen molar-refractivity contribution in [3.05, 3.63) is 159 Å². The monoisotopic (exact) mass is 931 g/mol. The molecule has 1 heterocycles. The van der Waals surface area contributed by atoms with Crippen molar-refractivity contribution in [2.45, 2.75) is 9.79 Å². The number of anilines is 10. The summed E-state index contributed by atoms with van der Waals surface area (Å²) in [4.78, 5) is 66.2. The summed E-state index contributed by atoms with van der Waals surface area (Å²) in [6.45, 7) is 0. The summed E-state index contributed by atoms with van der Waals surface area (Å²) in [5.74, 6) is -2.58. The number of benzene rings is 6. The van der Waals surface area contributed by atoms with Crippen LogP contribution in [0.4, 0.5) is 57.4 Å². The standard InChI is InChI=1S/C43H30ClN9O10S2/c44-41-51-42(49-21-9-5-7-19(15-21)47-27-17-29(64(58,59)60)35(45)33-31(27)37(54)23-11-1-3-13-25(23)39(33)56)53-43(52-41)50-22-10-6-8-20(16-22)48-28-18-30(65(61,62)63)36(46)34-32(28)38(55)24-12-2-4-14-26(24)40(34)57/h1-18,47-48,58-60H,45-46H2,(H,61,62,63)(H2,49,50,51,52,53). The van der Waals surface area contributed by atoms with Crippen LogP contribution in [0.25, 0.3) is 0 Å². The number of nitrogens with one attached hydrogen (secondary N) is 4. The molecule has 0 radical (unpaired) electrons. The van der Waals surface area contributed by atoms with Gasteiger partial charge in [-0.3, -0.25) is 23.7 Å². The normalized spacial score (nSPS) is 13.3. The maximum Gasteiger partial charge on any atom is 0.296 e. The molecule has 0 atom stereocenters. The molecule has 0 bridgehead atoms. The van der Waals surface area contributed by atoms with E-state index >= 15 is 0 Å². The van der Waals surface area contributed by atoms with Crippen LogP contribution in [0.5, 0.6) is 0 Å². The van der Waals surface area contributed by atoms with Crippen LogP contribution in [0.1, 0.15) is 63.7 Å². The van der Waals surface area contributed by atoms with Crippen LogP contribution in [0.2, 0.25) is 5.28 Å². The van der Waals surface area contributed by atoms with Crippen molar-refractivity contribution in [2.24, 2.45) is 0 Å². The summed E-state index contributed by atoms with van der Waals surface area (Å²) in [5.41, 5.74) is 11.8. The lowest BCUT2D eigenvalue weighted by Crippen LogP contribution is -2.25. The highest BCUT2D eigenvalue weighted by Crippen LogP contribution is 2.52. The van der Waals surface area contributed by atoms with Gasteiger partial charge in [-0.15, -0.1) is 0 Å². The Morgan fingerprint density at radius 1 is 0.462 bits per heavy atom. The summed E-state index contributed by atoms with van der Waals surface area (Å²) < 4.78 is 65.6. The Kier molecular flexibility index (Phi) is 10.3. The van der Waals surface area contributed by atoms with E-state index in [2.05, 4.69) is 36.2 Å². The Labute approximate surface area is 373 Å². The number of hydrogen-bond acceptors (Lipinski definition) is 18. The first-order valence-corrected chi connectivity index (χ1v) is 22.2. The number of hydrogen-bond donors (Lipinski definition) is 10. The first-order chi connectivity index (χ1) is 30.9. The third kappa shape index (κ3) is 7.74. The number of fused-ring (bicyclic) bond motifs is 4. The van der Waals surface area contributed by atoms with Gasteiger partial charge in [0, 0.05) is 45.0 Å². The first-order valence-electron chi connectivity index (χ1n) is 18.8. The van der Waals surface area contributed by atoms with Gasteiger partial charge in [-0.05, 0) is 60.1 Å². The second-order valence-electron chi connectivity index (χ2n) is 14.5. The third-order valence-corrected chi connectivity index (χ3v) is 12.4. The summed E-state index contributed by atoms with van der Waals surface area (Å²) in [6.07, 6.45) is 0. The summed E-state index contributed by atoms with van der Waals surface area (Å²) in [5, 5.41) is 11.8. The lowest BCUT2D eigenvalue weighted by Gasteiger charge is -2.28. The van der Waals surface area contributed by atoms with Crippen molar-refractivity contribution in [2.75, 3.05) is 32.7 Å². The molecule has 0 aliphatic heterocycles. The first kappa shape index (κ1) is 42.5. The number of carbonyl (C=O) groups is 4. The predicted molar refractivity (Wildman–Crippen MR) is 243 cm³/mol. The van der Waals surface area contributed by atoms with E-state index in [1.54, 1.807) is 72.8 Å². The van der Waals surface area contributed by atoms with Crippen LogP contribution in [-0.2, 0) is 10.1 Å². The minimum absolute atomic E-state index is 0.0242. The molecule has 22 heteroatoms. The van der Waals surface area contributed by atoms with Crippen LogP contribution in [0.15, 0.2) is 119 Å². The van der Waals surface area contributed by atoms with Crippen LogP contribution in [0, 0.1) is 0 Å². The molecule has 326 valence electrons. The molecule has 0 amide bonds. The van der Waals surface area contributed by atoms with E-state index in [1.807, 2.05) is 0 Å². The van der Waals surface area contributed by atoms with Gasteiger partial charge < -0.3 is 46.4 Å². The average Bonchev–Trinajstić information content (AvgIpc) is 3.25. The molecular weight excluding hydrogens is 902 g/mol. The zero-order valence-corrected chi connectivity index (χ0v) is 35.2. The highest BCUT2D eigenvalue weighted by molar-refractivity contribution is 8.19. The average molecular weight is 932 g/mol. The topological polar surface area (TPSA) is 322 Å². The minimum Gasteiger partial charge on any atom is -0.397 e.